The van der Waals surface area contributed by atoms with Gasteiger partial charge in [-0.25, -0.2) is 0 Å². The number of carbonyl (C=O) groups is 1. The third-order valence-corrected chi connectivity index (χ3v) is 3.58. The lowest BCUT2D eigenvalue weighted by Gasteiger charge is -2.37. The van der Waals surface area contributed by atoms with Crippen molar-refractivity contribution in [2.24, 2.45) is 10.8 Å². The summed E-state index contributed by atoms with van der Waals surface area (Å²) in [4.78, 5) is 11.9. The summed E-state index contributed by atoms with van der Waals surface area (Å²) >= 11 is 0. The van der Waals surface area contributed by atoms with Gasteiger partial charge in [0.15, 0.2) is 5.78 Å². The lowest BCUT2D eigenvalue weighted by molar-refractivity contribution is 0.101. The Morgan fingerprint density at radius 2 is 1.58 bits per heavy atom. The van der Waals surface area contributed by atoms with Crippen molar-refractivity contribution in [2.45, 2.75) is 60.8 Å². The van der Waals surface area contributed by atoms with Crippen LogP contribution in [0.1, 0.15) is 76.7 Å². The third-order valence-electron chi connectivity index (χ3n) is 3.58. The fraction of sp³-hybridized carbons (Fsp3) is 0.611. The number of Topliss-reactive ketones (excluding diaryl/α,β-unsaturated/α-hetero) is 1. The van der Waals surface area contributed by atoms with E-state index in [9.17, 15) is 4.79 Å². The molecule has 1 nitrogen and oxygen atoms in total. The zero-order valence-electron chi connectivity index (χ0n) is 13.5. The van der Waals surface area contributed by atoms with E-state index in [0.29, 0.717) is 5.92 Å². The Bertz CT molecular complexity index is 443. The van der Waals surface area contributed by atoms with Crippen molar-refractivity contribution in [3.05, 3.63) is 35.4 Å². The van der Waals surface area contributed by atoms with Crippen LogP contribution in [-0.4, -0.2) is 5.78 Å². The topological polar surface area (TPSA) is 17.1 Å². The molecule has 0 saturated heterocycles. The molecule has 1 rings (SSSR count). The smallest absolute Gasteiger partial charge is 0.160 e. The second kappa shape index (κ2) is 5.48. The summed E-state index contributed by atoms with van der Waals surface area (Å²) in [6.45, 7) is 15.3. The van der Waals surface area contributed by atoms with E-state index in [2.05, 4.69) is 47.6 Å². The fourth-order valence-electron chi connectivity index (χ4n) is 2.62. The molecular weight excluding hydrogens is 232 g/mol. The summed E-state index contributed by atoms with van der Waals surface area (Å²) in [5.41, 5.74) is 2.49. The van der Waals surface area contributed by atoms with Crippen LogP contribution in [0.25, 0.3) is 0 Å². The first-order valence-corrected chi connectivity index (χ1v) is 7.12. The summed E-state index contributed by atoms with van der Waals surface area (Å²) in [5, 5.41) is 0. The highest BCUT2D eigenvalue weighted by molar-refractivity contribution is 5.95. The lowest BCUT2D eigenvalue weighted by Crippen LogP contribution is -2.25. The highest BCUT2D eigenvalue weighted by Crippen LogP contribution is 2.44. The van der Waals surface area contributed by atoms with E-state index in [0.717, 1.165) is 12.0 Å². The number of hydrogen-bond donors (Lipinski definition) is 0. The lowest BCUT2D eigenvalue weighted by atomic mass is 9.68. The van der Waals surface area contributed by atoms with Crippen molar-refractivity contribution >= 4 is 5.78 Å². The largest absolute Gasteiger partial charge is 0.295 e. The van der Waals surface area contributed by atoms with Gasteiger partial charge in [0.05, 0.1) is 0 Å². The predicted octanol–water partition coefficient (Wildman–Crippen LogP) is 5.46. The van der Waals surface area contributed by atoms with Gasteiger partial charge in [-0.1, -0.05) is 65.8 Å². The Labute approximate surface area is 118 Å². The van der Waals surface area contributed by atoms with Gasteiger partial charge < -0.3 is 0 Å². The molecular formula is C18H28O. The minimum Gasteiger partial charge on any atom is -0.295 e. The highest BCUT2D eigenvalue weighted by Gasteiger charge is 2.32. The SMILES string of the molecule is CC(=O)c1ccccc1C(CC(C)(C)C)C(C)(C)C. The van der Waals surface area contributed by atoms with Gasteiger partial charge in [0.25, 0.3) is 0 Å². The molecule has 0 spiro atoms. The molecule has 1 heteroatoms. The Balaban J connectivity index is 3.30. The van der Waals surface area contributed by atoms with Crippen molar-refractivity contribution < 1.29 is 4.79 Å². The maximum atomic E-state index is 11.9. The second-order valence-corrected chi connectivity index (χ2v) is 7.83. The van der Waals surface area contributed by atoms with Gasteiger partial charge in [0.1, 0.15) is 0 Å². The Morgan fingerprint density at radius 1 is 1.05 bits per heavy atom. The van der Waals surface area contributed by atoms with Gasteiger partial charge in [-0.15, -0.1) is 0 Å². The molecule has 19 heavy (non-hydrogen) atoms. The molecule has 1 unspecified atom stereocenters. The van der Waals surface area contributed by atoms with E-state index in [-0.39, 0.29) is 16.6 Å². The first-order valence-electron chi connectivity index (χ1n) is 7.12. The molecule has 0 radical (unpaired) electrons. The van der Waals surface area contributed by atoms with Crippen LogP contribution in [0.3, 0.4) is 0 Å². The minimum absolute atomic E-state index is 0.152. The number of rotatable bonds is 3. The van der Waals surface area contributed by atoms with Gasteiger partial charge in [-0.05, 0) is 35.7 Å². The molecule has 0 aromatic heterocycles. The van der Waals surface area contributed by atoms with E-state index in [1.165, 1.54) is 5.56 Å². The molecule has 0 aliphatic rings. The minimum atomic E-state index is 0.152. The summed E-state index contributed by atoms with van der Waals surface area (Å²) in [6, 6.07) is 8.08. The molecule has 0 heterocycles. The van der Waals surface area contributed by atoms with Crippen molar-refractivity contribution in [1.29, 1.82) is 0 Å². The van der Waals surface area contributed by atoms with Gasteiger partial charge in [-0.3, -0.25) is 4.79 Å². The number of ketones is 1. The van der Waals surface area contributed by atoms with Crippen LogP contribution in [-0.2, 0) is 0 Å². The van der Waals surface area contributed by atoms with E-state index in [1.807, 2.05) is 18.2 Å². The molecule has 0 aliphatic heterocycles. The molecule has 0 bridgehead atoms. The van der Waals surface area contributed by atoms with Crippen LogP contribution >= 0.6 is 0 Å². The molecule has 1 aromatic carbocycles. The predicted molar refractivity (Wildman–Crippen MR) is 82.7 cm³/mol. The first-order chi connectivity index (χ1) is 8.52. The zero-order chi connectivity index (χ0) is 14.8. The molecule has 106 valence electrons. The molecule has 0 amide bonds. The van der Waals surface area contributed by atoms with Gasteiger partial charge in [-0.2, -0.15) is 0 Å². The quantitative estimate of drug-likeness (QED) is 0.660. The average Bonchev–Trinajstić information content (AvgIpc) is 2.23. The molecule has 0 saturated carbocycles. The van der Waals surface area contributed by atoms with Crippen molar-refractivity contribution in [2.75, 3.05) is 0 Å². The Kier molecular flexibility index (Phi) is 4.60. The van der Waals surface area contributed by atoms with E-state index in [4.69, 9.17) is 0 Å². The summed E-state index contributed by atoms with van der Waals surface area (Å²) in [5.74, 6) is 0.561. The molecule has 0 N–H and O–H groups in total. The molecule has 1 aromatic rings. The summed E-state index contributed by atoms with van der Waals surface area (Å²) < 4.78 is 0. The maximum absolute atomic E-state index is 11.9. The third kappa shape index (κ3) is 4.49. The van der Waals surface area contributed by atoms with Crippen LogP contribution in [0.15, 0.2) is 24.3 Å². The van der Waals surface area contributed by atoms with E-state index >= 15 is 0 Å². The highest BCUT2D eigenvalue weighted by atomic mass is 16.1. The summed E-state index contributed by atoms with van der Waals surface area (Å²) in [6.07, 6.45) is 1.08. The Hall–Kier alpha value is -1.11. The van der Waals surface area contributed by atoms with E-state index in [1.54, 1.807) is 6.92 Å². The number of benzene rings is 1. The molecule has 0 fully saturated rings. The second-order valence-electron chi connectivity index (χ2n) is 7.83. The van der Waals surface area contributed by atoms with Crippen LogP contribution in [0.4, 0.5) is 0 Å². The Morgan fingerprint density at radius 3 is 2.00 bits per heavy atom. The standard InChI is InChI=1S/C18H28O/c1-13(19)14-10-8-9-11-15(14)16(18(5,6)7)12-17(2,3)4/h8-11,16H,12H2,1-7H3. The average molecular weight is 260 g/mol. The van der Waals surface area contributed by atoms with Gasteiger partial charge in [0, 0.05) is 5.56 Å². The monoisotopic (exact) mass is 260 g/mol. The normalized spacial score (nSPS) is 14.3. The zero-order valence-corrected chi connectivity index (χ0v) is 13.5. The summed E-state index contributed by atoms with van der Waals surface area (Å²) in [7, 11) is 0. The van der Waals surface area contributed by atoms with Crippen LogP contribution in [0.5, 0.6) is 0 Å². The molecule has 0 aliphatic carbocycles. The van der Waals surface area contributed by atoms with Crippen molar-refractivity contribution in [1.82, 2.24) is 0 Å². The maximum Gasteiger partial charge on any atom is 0.160 e. The molecule has 1 atom stereocenters. The van der Waals surface area contributed by atoms with Crippen LogP contribution in [0.2, 0.25) is 0 Å². The fourth-order valence-corrected chi connectivity index (χ4v) is 2.62. The first kappa shape index (κ1) is 15.9. The number of hydrogen-bond acceptors (Lipinski definition) is 1. The van der Waals surface area contributed by atoms with Gasteiger partial charge in [0.2, 0.25) is 0 Å². The van der Waals surface area contributed by atoms with E-state index < -0.39 is 0 Å². The van der Waals surface area contributed by atoms with Gasteiger partial charge >= 0.3 is 0 Å². The van der Waals surface area contributed by atoms with Crippen molar-refractivity contribution in [3.63, 3.8) is 0 Å². The van der Waals surface area contributed by atoms with Crippen LogP contribution in [0, 0.1) is 10.8 Å². The van der Waals surface area contributed by atoms with Crippen molar-refractivity contribution in [3.8, 4) is 0 Å². The number of carbonyl (C=O) groups excluding carboxylic acids is 1. The van der Waals surface area contributed by atoms with Crippen LogP contribution < -0.4 is 0 Å².